The number of esters is 2. The number of piperidine rings is 2. The van der Waals surface area contributed by atoms with Crippen LogP contribution in [0.2, 0.25) is 0 Å². The van der Waals surface area contributed by atoms with Gasteiger partial charge in [0.15, 0.2) is 0 Å². The molecule has 202 valence electrons. The zero-order valence-corrected chi connectivity index (χ0v) is 24.7. The van der Waals surface area contributed by atoms with Crippen LogP contribution >= 0.6 is 0 Å². The van der Waals surface area contributed by atoms with Crippen LogP contribution in [0.3, 0.4) is 0 Å². The summed E-state index contributed by atoms with van der Waals surface area (Å²) in [4.78, 5) is 31.7. The second kappa shape index (κ2) is 9.43. The number of hydrogen-bond acceptors (Lipinski definition) is 6. The van der Waals surface area contributed by atoms with Crippen LogP contribution < -0.4 is 0 Å². The van der Waals surface area contributed by atoms with Gasteiger partial charge >= 0.3 is 11.9 Å². The molecule has 36 heavy (non-hydrogen) atoms. The molecule has 0 spiro atoms. The number of aryl methyl sites for hydroxylation is 2. The Bertz CT molecular complexity index is 907. The number of likely N-dealkylation sites (tertiary alicyclic amines) is 2. The van der Waals surface area contributed by atoms with Crippen LogP contribution in [0.1, 0.15) is 113 Å². The number of carbonyl (C=O) groups excluding carboxylic acids is 2. The molecule has 2 heterocycles. The summed E-state index contributed by atoms with van der Waals surface area (Å²) in [6.07, 6.45) is 2.51. The number of rotatable bonds is 4. The summed E-state index contributed by atoms with van der Waals surface area (Å²) in [6.45, 7) is 21.3. The third kappa shape index (κ3) is 5.65. The highest BCUT2D eigenvalue weighted by molar-refractivity contribution is 6.03. The Labute approximate surface area is 218 Å². The van der Waals surface area contributed by atoms with Gasteiger partial charge in [-0.05, 0) is 107 Å². The first-order chi connectivity index (χ1) is 16.3. The third-order valence-electron chi connectivity index (χ3n) is 9.16. The molecule has 1 aromatic carbocycles. The molecule has 3 rings (SSSR count). The summed E-state index contributed by atoms with van der Waals surface area (Å²) in [5.41, 5.74) is 2.06. The monoisotopic (exact) mass is 500 g/mol. The molecule has 0 atom stereocenters. The molecule has 0 aromatic heterocycles. The van der Waals surface area contributed by atoms with Crippen molar-refractivity contribution in [3.63, 3.8) is 0 Å². The van der Waals surface area contributed by atoms with E-state index in [2.05, 4.69) is 79.3 Å². The largest absolute Gasteiger partial charge is 0.459 e. The third-order valence-corrected chi connectivity index (χ3v) is 9.16. The molecule has 2 fully saturated rings. The highest BCUT2D eigenvalue weighted by atomic mass is 16.6. The molecule has 2 aliphatic rings. The standard InChI is InChI=1S/C30H48N2O4/c1-19-13-23(25(33)35-21-15-27(3,4)31(11)28(5,6)16-21)24(14-20(19)2)26(34)36-22-17-29(7,8)32(12)30(9,10)18-22/h13-14,21-22H,15-18H2,1-12H3. The van der Waals surface area contributed by atoms with Gasteiger partial charge < -0.3 is 9.47 Å². The van der Waals surface area contributed by atoms with Crippen LogP contribution in [-0.2, 0) is 9.47 Å². The summed E-state index contributed by atoms with van der Waals surface area (Å²) in [6, 6.07) is 3.56. The molecule has 0 N–H and O–H groups in total. The lowest BCUT2D eigenvalue weighted by Gasteiger charge is -2.53. The van der Waals surface area contributed by atoms with Gasteiger partial charge in [0.2, 0.25) is 0 Å². The van der Waals surface area contributed by atoms with Gasteiger partial charge in [-0.3, -0.25) is 9.80 Å². The summed E-state index contributed by atoms with van der Waals surface area (Å²) < 4.78 is 12.1. The van der Waals surface area contributed by atoms with Gasteiger partial charge in [-0.25, -0.2) is 9.59 Å². The maximum Gasteiger partial charge on any atom is 0.339 e. The lowest BCUT2D eigenvalue weighted by atomic mass is 9.78. The Hall–Kier alpha value is -1.92. The fraction of sp³-hybridized carbons (Fsp3) is 0.733. The lowest BCUT2D eigenvalue weighted by molar-refractivity contribution is -0.0752. The Morgan fingerprint density at radius 1 is 0.639 bits per heavy atom. The van der Waals surface area contributed by atoms with E-state index in [0.29, 0.717) is 11.1 Å². The van der Waals surface area contributed by atoms with E-state index in [-0.39, 0.29) is 34.4 Å². The molecule has 0 amide bonds. The number of hydrogen-bond donors (Lipinski definition) is 0. The predicted molar refractivity (Wildman–Crippen MR) is 145 cm³/mol. The van der Waals surface area contributed by atoms with Gasteiger partial charge in [0.1, 0.15) is 12.2 Å². The van der Waals surface area contributed by atoms with Crippen molar-refractivity contribution in [2.75, 3.05) is 14.1 Å². The van der Waals surface area contributed by atoms with E-state index in [4.69, 9.17) is 9.47 Å². The van der Waals surface area contributed by atoms with Crippen molar-refractivity contribution in [3.05, 3.63) is 34.4 Å². The zero-order chi connectivity index (χ0) is 27.4. The molecule has 2 saturated heterocycles. The fourth-order valence-electron chi connectivity index (χ4n) is 6.31. The summed E-state index contributed by atoms with van der Waals surface area (Å²) in [5, 5.41) is 0. The minimum atomic E-state index is -0.449. The van der Waals surface area contributed by atoms with Gasteiger partial charge in [0, 0.05) is 47.8 Å². The predicted octanol–water partition coefficient (Wildman–Crippen LogP) is 5.92. The topological polar surface area (TPSA) is 59.1 Å². The van der Waals surface area contributed by atoms with E-state index >= 15 is 0 Å². The first-order valence-corrected chi connectivity index (χ1v) is 13.3. The summed E-state index contributed by atoms with van der Waals surface area (Å²) in [5.74, 6) is -0.898. The quantitative estimate of drug-likeness (QED) is 0.478. The van der Waals surface area contributed by atoms with E-state index in [1.54, 1.807) is 12.1 Å². The van der Waals surface area contributed by atoms with E-state index in [9.17, 15) is 9.59 Å². The van der Waals surface area contributed by atoms with E-state index in [0.717, 1.165) is 36.8 Å². The molecule has 0 unspecified atom stereocenters. The second-order valence-corrected chi connectivity index (χ2v) is 13.7. The van der Waals surface area contributed by atoms with Crippen LogP contribution in [0.4, 0.5) is 0 Å². The zero-order valence-electron chi connectivity index (χ0n) is 24.7. The van der Waals surface area contributed by atoms with Crippen molar-refractivity contribution in [2.45, 2.75) is 129 Å². The average molecular weight is 501 g/mol. The molecular weight excluding hydrogens is 452 g/mol. The molecule has 6 nitrogen and oxygen atoms in total. The highest BCUT2D eigenvalue weighted by Gasteiger charge is 2.46. The van der Waals surface area contributed by atoms with Crippen LogP contribution in [0.15, 0.2) is 12.1 Å². The fourth-order valence-corrected chi connectivity index (χ4v) is 6.31. The smallest absolute Gasteiger partial charge is 0.339 e. The Kier molecular flexibility index (Phi) is 7.51. The van der Waals surface area contributed by atoms with Crippen molar-refractivity contribution in [1.82, 2.24) is 9.80 Å². The van der Waals surface area contributed by atoms with Gasteiger partial charge in [0.05, 0.1) is 11.1 Å². The van der Waals surface area contributed by atoms with Crippen molar-refractivity contribution in [2.24, 2.45) is 0 Å². The second-order valence-electron chi connectivity index (χ2n) is 13.7. The van der Waals surface area contributed by atoms with E-state index in [1.165, 1.54) is 0 Å². The Balaban J connectivity index is 1.85. The van der Waals surface area contributed by atoms with Gasteiger partial charge in [-0.15, -0.1) is 0 Å². The number of nitrogens with zero attached hydrogens (tertiary/aromatic N) is 2. The Morgan fingerprint density at radius 3 is 1.14 bits per heavy atom. The van der Waals surface area contributed by atoms with Crippen LogP contribution in [0.5, 0.6) is 0 Å². The average Bonchev–Trinajstić information content (AvgIpc) is 2.70. The van der Waals surface area contributed by atoms with Crippen LogP contribution in [0, 0.1) is 13.8 Å². The van der Waals surface area contributed by atoms with Gasteiger partial charge in [-0.1, -0.05) is 0 Å². The van der Waals surface area contributed by atoms with E-state index in [1.807, 2.05) is 13.8 Å². The molecule has 0 aliphatic carbocycles. The molecule has 0 bridgehead atoms. The minimum Gasteiger partial charge on any atom is -0.459 e. The SMILES string of the molecule is Cc1cc(C(=O)OC2CC(C)(C)N(C)C(C)(C)C2)c(C(=O)OC2CC(C)(C)N(C)C(C)(C)C2)cc1C. The first-order valence-electron chi connectivity index (χ1n) is 13.3. The van der Waals surface area contributed by atoms with Gasteiger partial charge in [0.25, 0.3) is 0 Å². The van der Waals surface area contributed by atoms with Crippen molar-refractivity contribution in [3.8, 4) is 0 Å². The molecule has 0 radical (unpaired) electrons. The Morgan fingerprint density at radius 2 is 0.889 bits per heavy atom. The number of benzene rings is 1. The highest BCUT2D eigenvalue weighted by Crippen LogP contribution is 2.40. The molecule has 6 heteroatoms. The number of carbonyl (C=O) groups is 2. The lowest BCUT2D eigenvalue weighted by Crippen LogP contribution is -2.60. The van der Waals surface area contributed by atoms with Crippen LogP contribution in [0.25, 0.3) is 0 Å². The summed E-state index contributed by atoms with van der Waals surface area (Å²) >= 11 is 0. The summed E-state index contributed by atoms with van der Waals surface area (Å²) in [7, 11) is 4.25. The maximum absolute atomic E-state index is 13.5. The van der Waals surface area contributed by atoms with Gasteiger partial charge in [-0.2, -0.15) is 0 Å². The van der Waals surface area contributed by atoms with Crippen molar-refractivity contribution < 1.29 is 19.1 Å². The molecule has 1 aromatic rings. The molecule has 0 saturated carbocycles. The number of ether oxygens (including phenoxy) is 2. The first kappa shape index (κ1) is 28.6. The molecular formula is C30H48N2O4. The maximum atomic E-state index is 13.5. The van der Waals surface area contributed by atoms with Crippen molar-refractivity contribution >= 4 is 11.9 Å². The normalized spacial score (nSPS) is 24.3. The minimum absolute atomic E-state index is 0.106. The van der Waals surface area contributed by atoms with Crippen LogP contribution in [-0.4, -0.2) is 70.2 Å². The molecule has 2 aliphatic heterocycles. The van der Waals surface area contributed by atoms with E-state index < -0.39 is 11.9 Å². The van der Waals surface area contributed by atoms with Crippen molar-refractivity contribution in [1.29, 1.82) is 0 Å².